The molecule has 0 aliphatic heterocycles. The van der Waals surface area contributed by atoms with E-state index in [-0.39, 0.29) is 0 Å². The summed E-state index contributed by atoms with van der Waals surface area (Å²) in [7, 11) is 0. The van der Waals surface area contributed by atoms with E-state index in [2.05, 4.69) is 0 Å². The normalized spacial score (nSPS) is 14.2. The molecule has 0 aliphatic carbocycles. The summed E-state index contributed by atoms with van der Waals surface area (Å²) < 4.78 is 24.3. The Morgan fingerprint density at radius 2 is 1.89 bits per heavy atom. The van der Waals surface area contributed by atoms with Crippen LogP contribution in [0.4, 0.5) is 8.78 Å². The molecule has 0 unspecified atom stereocenters. The van der Waals surface area contributed by atoms with Crippen molar-refractivity contribution in [2.75, 3.05) is 0 Å². The number of rotatable bonds is 2. The fourth-order valence-electron chi connectivity index (χ4n) is 0.415. The second kappa shape index (κ2) is 4.24. The van der Waals surface area contributed by atoms with Crippen molar-refractivity contribution in [1.29, 1.82) is 0 Å². The van der Waals surface area contributed by atoms with Crippen LogP contribution in [0.3, 0.4) is 0 Å². The first-order valence-electron chi connectivity index (χ1n) is 2.90. The summed E-state index contributed by atoms with van der Waals surface area (Å²) in [6.45, 7) is 3.21. The third-order valence-corrected chi connectivity index (χ3v) is 0.865. The van der Waals surface area contributed by atoms with Crippen molar-refractivity contribution in [3.05, 3.63) is 23.8 Å². The largest absolute Gasteiger partial charge is 0.204 e. The Balaban J connectivity index is 4.03. The molecule has 0 aliphatic rings. The first kappa shape index (κ1) is 8.34. The molecular formula is C7H10F2. The van der Waals surface area contributed by atoms with Crippen molar-refractivity contribution >= 4 is 0 Å². The monoisotopic (exact) mass is 132 g/mol. The van der Waals surface area contributed by atoms with E-state index in [9.17, 15) is 8.78 Å². The lowest BCUT2D eigenvalue weighted by atomic mass is 10.3. The van der Waals surface area contributed by atoms with Gasteiger partial charge in [0, 0.05) is 0 Å². The summed E-state index contributed by atoms with van der Waals surface area (Å²) in [5, 5.41) is 0. The van der Waals surface area contributed by atoms with E-state index < -0.39 is 11.7 Å². The summed E-state index contributed by atoms with van der Waals surface area (Å²) in [4.78, 5) is 0. The highest BCUT2D eigenvalue weighted by Crippen LogP contribution is 2.12. The highest BCUT2D eigenvalue weighted by atomic mass is 19.2. The topological polar surface area (TPSA) is 0 Å². The summed E-state index contributed by atoms with van der Waals surface area (Å²) in [5.74, 6) is -1.54. The van der Waals surface area contributed by atoms with Crippen LogP contribution in [-0.2, 0) is 0 Å². The molecule has 0 spiro atoms. The van der Waals surface area contributed by atoms with Gasteiger partial charge in [0.2, 0.25) is 0 Å². The number of hydrogen-bond donors (Lipinski definition) is 0. The van der Waals surface area contributed by atoms with Gasteiger partial charge in [-0.15, -0.1) is 0 Å². The van der Waals surface area contributed by atoms with Crippen LogP contribution >= 0.6 is 0 Å². The Morgan fingerprint density at radius 1 is 1.33 bits per heavy atom. The fraction of sp³-hybridized carbons (Fsp3) is 0.429. The Morgan fingerprint density at radius 3 is 2.22 bits per heavy atom. The van der Waals surface area contributed by atoms with Crippen molar-refractivity contribution in [2.24, 2.45) is 0 Å². The van der Waals surface area contributed by atoms with Crippen molar-refractivity contribution < 1.29 is 8.78 Å². The lowest BCUT2D eigenvalue weighted by molar-refractivity contribution is 0.541. The van der Waals surface area contributed by atoms with Crippen LogP contribution in [0.5, 0.6) is 0 Å². The predicted octanol–water partition coefficient (Wildman–Crippen LogP) is 3.12. The molecule has 9 heavy (non-hydrogen) atoms. The molecule has 0 saturated heterocycles. The molecule has 0 saturated carbocycles. The molecule has 0 radical (unpaired) electrons. The smallest absolute Gasteiger partial charge is 0.154 e. The lowest BCUT2D eigenvalue weighted by Gasteiger charge is -1.88. The van der Waals surface area contributed by atoms with Gasteiger partial charge in [0.1, 0.15) is 0 Å². The minimum absolute atomic E-state index is 0.521. The summed E-state index contributed by atoms with van der Waals surface area (Å²) in [5.41, 5.74) is 0. The molecule has 52 valence electrons. The SMILES string of the molecule is C/C=C(F)\C(F)=C/CC. The number of hydrogen-bond acceptors (Lipinski definition) is 0. The van der Waals surface area contributed by atoms with E-state index in [0.717, 1.165) is 6.08 Å². The first-order valence-corrected chi connectivity index (χ1v) is 2.90. The van der Waals surface area contributed by atoms with Gasteiger partial charge in [-0.05, 0) is 25.5 Å². The molecule has 0 aromatic heterocycles. The molecule has 0 atom stereocenters. The zero-order chi connectivity index (χ0) is 7.28. The van der Waals surface area contributed by atoms with Gasteiger partial charge in [-0.1, -0.05) is 6.92 Å². The van der Waals surface area contributed by atoms with Gasteiger partial charge in [0.15, 0.2) is 11.7 Å². The molecule has 0 rings (SSSR count). The second-order valence-corrected chi connectivity index (χ2v) is 1.60. The average Bonchev–Trinajstić information content (AvgIpc) is 1.87. The molecule has 2 heteroatoms. The molecule has 0 heterocycles. The van der Waals surface area contributed by atoms with Crippen LogP contribution in [0, 0.1) is 0 Å². The van der Waals surface area contributed by atoms with Crippen molar-refractivity contribution in [1.82, 2.24) is 0 Å². The lowest BCUT2D eigenvalue weighted by Crippen LogP contribution is -1.72. The van der Waals surface area contributed by atoms with Crippen LogP contribution < -0.4 is 0 Å². The third-order valence-electron chi connectivity index (χ3n) is 0.865. The summed E-state index contributed by atoms with van der Waals surface area (Å²) >= 11 is 0. The van der Waals surface area contributed by atoms with Crippen LogP contribution in [0.2, 0.25) is 0 Å². The maximum absolute atomic E-state index is 12.2. The van der Waals surface area contributed by atoms with E-state index in [1.54, 1.807) is 6.92 Å². The van der Waals surface area contributed by atoms with Crippen LogP contribution in [0.1, 0.15) is 20.3 Å². The molecule has 0 nitrogen and oxygen atoms in total. The molecule has 0 fully saturated rings. The molecular weight excluding hydrogens is 122 g/mol. The van der Waals surface area contributed by atoms with Crippen molar-refractivity contribution in [2.45, 2.75) is 20.3 Å². The Kier molecular flexibility index (Phi) is 3.93. The van der Waals surface area contributed by atoms with Gasteiger partial charge < -0.3 is 0 Å². The van der Waals surface area contributed by atoms with Crippen molar-refractivity contribution in [3.8, 4) is 0 Å². The summed E-state index contributed by atoms with van der Waals surface area (Å²) in [6.07, 6.45) is 2.82. The maximum atomic E-state index is 12.2. The van der Waals surface area contributed by atoms with Gasteiger partial charge in [0.25, 0.3) is 0 Å². The van der Waals surface area contributed by atoms with E-state index in [1.807, 2.05) is 0 Å². The standard InChI is InChI=1S/C7H10F2/c1-3-5-7(9)6(8)4-2/h4-5H,3H2,1-2H3/b6-4+,7-5+. The van der Waals surface area contributed by atoms with E-state index in [1.165, 1.54) is 13.0 Å². The highest BCUT2D eigenvalue weighted by molar-refractivity contribution is 5.17. The van der Waals surface area contributed by atoms with E-state index in [0.29, 0.717) is 6.42 Å². The zero-order valence-electron chi connectivity index (χ0n) is 5.62. The zero-order valence-corrected chi connectivity index (χ0v) is 5.62. The molecule has 0 amide bonds. The minimum Gasteiger partial charge on any atom is -0.204 e. The highest BCUT2D eigenvalue weighted by Gasteiger charge is 1.97. The van der Waals surface area contributed by atoms with E-state index in [4.69, 9.17) is 0 Å². The Bertz CT molecular complexity index is 134. The van der Waals surface area contributed by atoms with E-state index >= 15 is 0 Å². The van der Waals surface area contributed by atoms with Gasteiger partial charge in [0.05, 0.1) is 0 Å². The molecule has 0 aromatic rings. The molecule has 0 bridgehead atoms. The number of halogens is 2. The quantitative estimate of drug-likeness (QED) is 0.506. The molecule has 0 N–H and O–H groups in total. The first-order chi connectivity index (χ1) is 4.22. The van der Waals surface area contributed by atoms with Gasteiger partial charge >= 0.3 is 0 Å². The van der Waals surface area contributed by atoms with Gasteiger partial charge in [-0.3, -0.25) is 0 Å². The minimum atomic E-state index is -0.781. The Labute approximate surface area is 53.9 Å². The van der Waals surface area contributed by atoms with Gasteiger partial charge in [-0.2, -0.15) is 0 Å². The average molecular weight is 132 g/mol. The predicted molar refractivity (Wildman–Crippen MR) is 34.3 cm³/mol. The van der Waals surface area contributed by atoms with Crippen LogP contribution in [0.15, 0.2) is 23.8 Å². The Hall–Kier alpha value is -0.660. The fourth-order valence-corrected chi connectivity index (χ4v) is 0.415. The summed E-state index contributed by atoms with van der Waals surface area (Å²) in [6, 6.07) is 0. The maximum Gasteiger partial charge on any atom is 0.154 e. The van der Waals surface area contributed by atoms with Crippen molar-refractivity contribution in [3.63, 3.8) is 0 Å². The van der Waals surface area contributed by atoms with Crippen LogP contribution in [0.25, 0.3) is 0 Å². The second-order valence-electron chi connectivity index (χ2n) is 1.60. The van der Waals surface area contributed by atoms with Gasteiger partial charge in [-0.25, -0.2) is 8.78 Å². The van der Waals surface area contributed by atoms with Crippen LogP contribution in [-0.4, -0.2) is 0 Å². The molecule has 0 aromatic carbocycles. The third kappa shape index (κ3) is 3.01. The number of allylic oxidation sites excluding steroid dienone is 4.